The summed E-state index contributed by atoms with van der Waals surface area (Å²) in [5.41, 5.74) is 8.29. The van der Waals surface area contributed by atoms with Crippen molar-refractivity contribution < 1.29 is 37.9 Å². The monoisotopic (exact) mass is 672 g/mol. The largest absolute Gasteiger partial charge is 0.673 e. The predicted molar refractivity (Wildman–Crippen MR) is 135 cm³/mol. The van der Waals surface area contributed by atoms with Crippen molar-refractivity contribution in [2.45, 2.75) is 79.1 Å². The van der Waals surface area contributed by atoms with Crippen LogP contribution in [0.25, 0.3) is 11.4 Å². The minimum absolute atomic E-state index is 0.469. The number of rotatable bonds is 6. The zero-order valence-electron chi connectivity index (χ0n) is 21.7. The van der Waals surface area contributed by atoms with E-state index in [4.69, 9.17) is 0 Å². The van der Waals surface area contributed by atoms with Crippen molar-refractivity contribution in [1.82, 2.24) is 9.13 Å². The first-order chi connectivity index (χ1) is 16.1. The smallest absolute Gasteiger partial charge is 0.418 e. The average molecular weight is 672 g/mol. The summed E-state index contributed by atoms with van der Waals surface area (Å²) in [6.45, 7) is 18.3. The normalized spacial score (nSPS) is 12.1. The summed E-state index contributed by atoms with van der Waals surface area (Å²) in [5, 5.41) is 0. The summed E-state index contributed by atoms with van der Waals surface area (Å²) >= 11 is 2.77. The third kappa shape index (κ3) is 7.34. The Bertz CT molecular complexity index is 1050. The fourth-order valence-electron chi connectivity index (χ4n) is 4.26. The minimum Gasteiger partial charge on any atom is -0.418 e. The first kappa shape index (κ1) is 29.4. The molecule has 197 valence electrons. The molecule has 0 aliphatic heterocycles. The number of halogens is 4. The van der Waals surface area contributed by atoms with E-state index in [0.29, 0.717) is 23.7 Å². The van der Waals surface area contributed by atoms with Crippen LogP contribution in [-0.2, 0) is 20.6 Å². The van der Waals surface area contributed by atoms with Crippen LogP contribution in [-0.4, -0.2) is 16.4 Å². The Balaban J connectivity index is 0.000000784. The second-order valence-electron chi connectivity index (χ2n) is 9.96. The van der Waals surface area contributed by atoms with Gasteiger partial charge in [0.15, 0.2) is 0 Å². The van der Waals surface area contributed by atoms with Crippen LogP contribution in [0.4, 0.5) is 17.3 Å². The predicted octanol–water partition coefficient (Wildman–Crippen LogP) is 9.14. The van der Waals surface area contributed by atoms with Crippen molar-refractivity contribution in [2.24, 2.45) is 0 Å². The number of aromatic nitrogens is 2. The van der Waals surface area contributed by atoms with E-state index in [0.717, 1.165) is 0 Å². The maximum atomic E-state index is 9.75. The molecular formula is C27H36AuBF4N2-. The number of imidazole rings is 1. The van der Waals surface area contributed by atoms with E-state index < -0.39 is 7.25 Å². The van der Waals surface area contributed by atoms with Crippen LogP contribution in [0, 0.1) is 3.63 Å². The number of nitrogens with zero attached hydrogens (tertiary/aromatic N) is 2. The van der Waals surface area contributed by atoms with E-state index in [1.807, 2.05) is 0 Å². The maximum absolute atomic E-state index is 9.75. The van der Waals surface area contributed by atoms with Gasteiger partial charge in [-0.3, -0.25) is 0 Å². The fraction of sp³-hybridized carbons (Fsp3) is 0.444. The zero-order valence-corrected chi connectivity index (χ0v) is 23.9. The molecule has 0 N–H and O–H groups in total. The summed E-state index contributed by atoms with van der Waals surface area (Å²) in [6.07, 6.45) is 4.48. The van der Waals surface area contributed by atoms with E-state index in [1.54, 1.807) is 0 Å². The van der Waals surface area contributed by atoms with Gasteiger partial charge < -0.3 is 17.3 Å². The van der Waals surface area contributed by atoms with E-state index >= 15 is 0 Å². The SMILES string of the molecule is CC(C)c1cccc(C(C)C)c1-n1ccn(-c2c(C(C)C)cccc2C(C)C)[c]1=[Au].F[B-](F)(F)F. The van der Waals surface area contributed by atoms with Gasteiger partial charge in [-0.15, -0.1) is 0 Å². The third-order valence-corrected chi connectivity index (χ3v) is 6.94. The van der Waals surface area contributed by atoms with Crippen LogP contribution in [0.2, 0.25) is 0 Å². The Morgan fingerprint density at radius 3 is 1.00 bits per heavy atom. The van der Waals surface area contributed by atoms with Gasteiger partial charge in [0.2, 0.25) is 0 Å². The van der Waals surface area contributed by atoms with Crippen molar-refractivity contribution in [2.75, 3.05) is 0 Å². The van der Waals surface area contributed by atoms with Crippen LogP contribution >= 0.6 is 0 Å². The Labute approximate surface area is 218 Å². The first-order valence-electron chi connectivity index (χ1n) is 12.0. The number of para-hydroxylation sites is 2. The van der Waals surface area contributed by atoms with E-state index in [1.165, 1.54) is 37.3 Å². The summed E-state index contributed by atoms with van der Waals surface area (Å²) < 4.78 is 45.0. The quantitative estimate of drug-likeness (QED) is 0.183. The molecule has 0 fully saturated rings. The van der Waals surface area contributed by atoms with Gasteiger partial charge in [-0.2, -0.15) is 0 Å². The summed E-state index contributed by atoms with van der Waals surface area (Å²) in [4.78, 5) is 0. The molecule has 0 unspecified atom stereocenters. The second-order valence-corrected chi connectivity index (χ2v) is 10.9. The fourth-order valence-corrected chi connectivity index (χ4v) is 5.06. The molecule has 0 spiro atoms. The molecule has 3 aromatic rings. The van der Waals surface area contributed by atoms with Crippen LogP contribution in [0.15, 0.2) is 48.8 Å². The molecule has 35 heavy (non-hydrogen) atoms. The number of hydrogen-bond donors (Lipinski definition) is 0. The Hall–Kier alpha value is -1.82. The zero-order chi connectivity index (χ0) is 26.7. The first-order valence-corrected chi connectivity index (χ1v) is 13.1. The molecule has 0 atom stereocenters. The van der Waals surface area contributed by atoms with E-state index in [9.17, 15) is 17.3 Å². The van der Waals surface area contributed by atoms with Crippen molar-refractivity contribution >= 4 is 7.25 Å². The molecule has 0 aliphatic rings. The van der Waals surface area contributed by atoms with Crippen molar-refractivity contribution in [3.05, 3.63) is 74.7 Å². The molecule has 1 aromatic heterocycles. The summed E-state index contributed by atoms with van der Waals surface area (Å²) in [6, 6.07) is 13.6. The maximum Gasteiger partial charge on any atom is 0.673 e. The Morgan fingerprint density at radius 1 is 0.571 bits per heavy atom. The molecule has 2 nitrogen and oxygen atoms in total. The molecule has 0 amide bonds. The minimum atomic E-state index is -6.00. The van der Waals surface area contributed by atoms with Gasteiger partial charge >= 0.3 is 202 Å². The van der Waals surface area contributed by atoms with Crippen LogP contribution in [0.5, 0.6) is 0 Å². The van der Waals surface area contributed by atoms with Crippen LogP contribution < -0.4 is 0 Å². The molecule has 8 heteroatoms. The summed E-state index contributed by atoms with van der Waals surface area (Å²) in [5.74, 6) is 1.88. The molecule has 0 saturated carbocycles. The van der Waals surface area contributed by atoms with Gasteiger partial charge in [0.25, 0.3) is 0 Å². The van der Waals surface area contributed by atoms with Gasteiger partial charge in [0.1, 0.15) is 0 Å². The standard InChI is InChI=1S/C27H36N2.Au.BF4/c1-18(2)22-11-9-12-23(19(3)4)26(22)28-15-16-29(17-28)27-24(20(5)6)13-10-14-25(27)21(7)8;;2-1(3,4)5/h9-16,18-21H,1-8H3;;/q;;-1. The van der Waals surface area contributed by atoms with E-state index in [-0.39, 0.29) is 0 Å². The second kappa shape index (κ2) is 11.9. The topological polar surface area (TPSA) is 9.86 Å². The third-order valence-electron chi connectivity index (χ3n) is 5.89. The van der Waals surface area contributed by atoms with Gasteiger partial charge in [0.05, 0.1) is 0 Å². The molecule has 3 rings (SSSR count). The Kier molecular flexibility index (Phi) is 10.0. The molecule has 0 aliphatic carbocycles. The van der Waals surface area contributed by atoms with Gasteiger partial charge in [-0.1, -0.05) is 0 Å². The molecule has 1 heterocycles. The van der Waals surface area contributed by atoms with E-state index in [2.05, 4.69) is 134 Å². The summed E-state index contributed by atoms with van der Waals surface area (Å²) in [7, 11) is -6.00. The molecule has 0 saturated heterocycles. The van der Waals surface area contributed by atoms with Crippen molar-refractivity contribution in [1.29, 1.82) is 0 Å². The average Bonchev–Trinajstić information content (AvgIpc) is 3.11. The Morgan fingerprint density at radius 2 is 0.800 bits per heavy atom. The number of hydrogen-bond acceptors (Lipinski definition) is 0. The molecule has 0 bridgehead atoms. The van der Waals surface area contributed by atoms with Crippen LogP contribution in [0.3, 0.4) is 0 Å². The number of benzene rings is 2. The van der Waals surface area contributed by atoms with Gasteiger partial charge in [-0.05, 0) is 0 Å². The van der Waals surface area contributed by atoms with Crippen LogP contribution in [0.1, 0.15) is 101 Å². The molecular weight excluding hydrogens is 636 g/mol. The van der Waals surface area contributed by atoms with Crippen molar-refractivity contribution in [3.63, 3.8) is 0 Å². The van der Waals surface area contributed by atoms with Crippen molar-refractivity contribution in [3.8, 4) is 11.4 Å². The molecule has 0 radical (unpaired) electrons. The van der Waals surface area contributed by atoms with Gasteiger partial charge in [0, 0.05) is 0 Å². The van der Waals surface area contributed by atoms with Gasteiger partial charge in [-0.25, -0.2) is 0 Å². The molecule has 2 aromatic carbocycles.